The lowest BCUT2D eigenvalue weighted by Gasteiger charge is -2.21. The zero-order chi connectivity index (χ0) is 20.8. The maximum absolute atomic E-state index is 13.6. The lowest BCUT2D eigenvalue weighted by Crippen LogP contribution is -2.30. The van der Waals surface area contributed by atoms with E-state index in [9.17, 15) is 22.8 Å². The highest BCUT2D eigenvalue weighted by molar-refractivity contribution is 5.97. The Morgan fingerprint density at radius 3 is 2.18 bits per heavy atom. The number of amides is 1. The fourth-order valence-electron chi connectivity index (χ4n) is 2.54. The summed E-state index contributed by atoms with van der Waals surface area (Å²) in [5.41, 5.74) is 0.645. The number of hydrogen-bond acceptors (Lipinski definition) is 4. The molecule has 2 aromatic rings. The van der Waals surface area contributed by atoms with Crippen LogP contribution in [0.25, 0.3) is 0 Å². The van der Waals surface area contributed by atoms with Gasteiger partial charge in [0, 0.05) is 18.8 Å². The second kappa shape index (κ2) is 9.25. The molecule has 0 radical (unpaired) electrons. The van der Waals surface area contributed by atoms with Crippen molar-refractivity contribution >= 4 is 23.3 Å². The van der Waals surface area contributed by atoms with E-state index in [0.29, 0.717) is 6.07 Å². The zero-order valence-corrected chi connectivity index (χ0v) is 15.8. The van der Waals surface area contributed by atoms with Crippen LogP contribution in [0, 0.1) is 17.5 Å². The summed E-state index contributed by atoms with van der Waals surface area (Å²) in [6, 6.07) is 8.26. The molecule has 150 valence electrons. The molecule has 1 amide bonds. The Morgan fingerprint density at radius 2 is 1.61 bits per heavy atom. The van der Waals surface area contributed by atoms with E-state index in [1.807, 2.05) is 13.8 Å². The Bertz CT molecular complexity index is 853. The molecule has 2 rings (SSSR count). The van der Waals surface area contributed by atoms with E-state index in [-0.39, 0.29) is 5.56 Å². The first-order chi connectivity index (χ1) is 13.3. The highest BCUT2D eigenvalue weighted by Gasteiger charge is 2.22. The van der Waals surface area contributed by atoms with Gasteiger partial charge in [0.25, 0.3) is 5.91 Å². The SMILES string of the molecule is CCN(CC)c1ccc(C(=O)O[C@@H](C)C(=O)Nc2ccc(F)c(F)c2F)cc1. The van der Waals surface area contributed by atoms with Gasteiger partial charge in [0.1, 0.15) is 0 Å². The van der Waals surface area contributed by atoms with Gasteiger partial charge < -0.3 is 15.0 Å². The van der Waals surface area contributed by atoms with E-state index in [1.165, 1.54) is 6.92 Å². The van der Waals surface area contributed by atoms with E-state index in [4.69, 9.17) is 4.74 Å². The largest absolute Gasteiger partial charge is 0.449 e. The highest BCUT2D eigenvalue weighted by Crippen LogP contribution is 2.20. The first-order valence-corrected chi connectivity index (χ1v) is 8.78. The quantitative estimate of drug-likeness (QED) is 0.567. The number of nitrogens with zero attached hydrogens (tertiary/aromatic N) is 1. The third-order valence-electron chi connectivity index (χ3n) is 4.18. The summed E-state index contributed by atoms with van der Waals surface area (Å²) in [6.07, 6.45) is -1.28. The molecule has 0 aliphatic carbocycles. The Hall–Kier alpha value is -3.03. The van der Waals surface area contributed by atoms with Crippen molar-refractivity contribution in [1.29, 1.82) is 0 Å². The summed E-state index contributed by atoms with van der Waals surface area (Å²) in [4.78, 5) is 26.4. The van der Waals surface area contributed by atoms with Crippen LogP contribution in [0.4, 0.5) is 24.5 Å². The van der Waals surface area contributed by atoms with Crippen molar-refractivity contribution in [2.45, 2.75) is 26.9 Å². The van der Waals surface area contributed by atoms with E-state index in [0.717, 1.165) is 24.8 Å². The Morgan fingerprint density at radius 1 is 1.00 bits per heavy atom. The van der Waals surface area contributed by atoms with Gasteiger partial charge in [-0.05, 0) is 57.2 Å². The van der Waals surface area contributed by atoms with Gasteiger partial charge in [-0.15, -0.1) is 0 Å². The monoisotopic (exact) mass is 394 g/mol. The number of hydrogen-bond donors (Lipinski definition) is 1. The normalized spacial score (nSPS) is 11.6. The van der Waals surface area contributed by atoms with Gasteiger partial charge >= 0.3 is 5.97 Å². The maximum Gasteiger partial charge on any atom is 0.338 e. The standard InChI is InChI=1S/C20H21F3N2O3/c1-4-25(5-2)14-8-6-13(7-9-14)20(27)28-12(3)19(26)24-16-11-10-15(21)17(22)18(16)23/h6-12H,4-5H2,1-3H3,(H,24,26)/t12-/m0/s1. The van der Waals surface area contributed by atoms with E-state index >= 15 is 0 Å². The van der Waals surface area contributed by atoms with Gasteiger partial charge in [-0.2, -0.15) is 0 Å². The first-order valence-electron chi connectivity index (χ1n) is 8.78. The summed E-state index contributed by atoms with van der Waals surface area (Å²) in [6.45, 7) is 6.95. The molecule has 28 heavy (non-hydrogen) atoms. The number of carbonyl (C=O) groups is 2. The number of halogens is 3. The summed E-state index contributed by atoms with van der Waals surface area (Å²) in [7, 11) is 0. The molecule has 0 spiro atoms. The number of anilines is 2. The molecule has 0 aliphatic rings. The molecule has 5 nitrogen and oxygen atoms in total. The number of esters is 1. The molecule has 0 aliphatic heterocycles. The zero-order valence-electron chi connectivity index (χ0n) is 15.8. The molecule has 8 heteroatoms. The third-order valence-corrected chi connectivity index (χ3v) is 4.18. The van der Waals surface area contributed by atoms with E-state index < -0.39 is 41.1 Å². The predicted octanol–water partition coefficient (Wildman–Crippen LogP) is 4.13. The van der Waals surface area contributed by atoms with Crippen LogP contribution in [0.3, 0.4) is 0 Å². The van der Waals surface area contributed by atoms with Crippen LogP contribution in [0.5, 0.6) is 0 Å². The number of nitrogens with one attached hydrogen (secondary N) is 1. The van der Waals surface area contributed by atoms with Crippen LogP contribution in [0.15, 0.2) is 36.4 Å². The van der Waals surface area contributed by atoms with Crippen molar-refractivity contribution < 1.29 is 27.5 Å². The molecule has 1 N–H and O–H groups in total. The second-order valence-electron chi connectivity index (χ2n) is 5.98. The van der Waals surface area contributed by atoms with Crippen LogP contribution in [0.2, 0.25) is 0 Å². The van der Waals surface area contributed by atoms with Crippen molar-refractivity contribution in [2.24, 2.45) is 0 Å². The molecule has 0 bridgehead atoms. The van der Waals surface area contributed by atoms with E-state index in [2.05, 4.69) is 10.2 Å². The molecule has 1 atom stereocenters. The Balaban J connectivity index is 2.01. The van der Waals surface area contributed by atoms with Crippen molar-refractivity contribution in [3.63, 3.8) is 0 Å². The molecular weight excluding hydrogens is 373 g/mol. The topological polar surface area (TPSA) is 58.6 Å². The van der Waals surface area contributed by atoms with Crippen molar-refractivity contribution in [3.05, 3.63) is 59.4 Å². The number of ether oxygens (including phenoxy) is 1. The second-order valence-corrected chi connectivity index (χ2v) is 5.98. The minimum Gasteiger partial charge on any atom is -0.449 e. The van der Waals surface area contributed by atoms with Crippen LogP contribution >= 0.6 is 0 Å². The van der Waals surface area contributed by atoms with Crippen LogP contribution in [-0.4, -0.2) is 31.1 Å². The number of benzene rings is 2. The van der Waals surface area contributed by atoms with Gasteiger partial charge in [-0.25, -0.2) is 18.0 Å². The average Bonchev–Trinajstić information content (AvgIpc) is 2.69. The number of carbonyl (C=O) groups excluding carboxylic acids is 2. The minimum atomic E-state index is -1.70. The molecule has 0 fully saturated rings. The van der Waals surface area contributed by atoms with Gasteiger partial charge in [-0.1, -0.05) is 0 Å². The smallest absolute Gasteiger partial charge is 0.338 e. The summed E-state index contributed by atoms with van der Waals surface area (Å²) < 4.78 is 44.9. The molecule has 0 saturated carbocycles. The number of rotatable bonds is 7. The fraction of sp³-hybridized carbons (Fsp3) is 0.300. The fourth-order valence-corrected chi connectivity index (χ4v) is 2.54. The Kier molecular flexibility index (Phi) is 7.03. The molecule has 2 aromatic carbocycles. The lowest BCUT2D eigenvalue weighted by molar-refractivity contribution is -0.123. The summed E-state index contributed by atoms with van der Waals surface area (Å²) in [5, 5.41) is 2.07. The first kappa shape index (κ1) is 21.3. The molecule has 0 unspecified atom stereocenters. The third kappa shape index (κ3) is 4.82. The van der Waals surface area contributed by atoms with E-state index in [1.54, 1.807) is 24.3 Å². The van der Waals surface area contributed by atoms with Crippen molar-refractivity contribution in [2.75, 3.05) is 23.3 Å². The lowest BCUT2D eigenvalue weighted by atomic mass is 10.2. The highest BCUT2D eigenvalue weighted by atomic mass is 19.2. The minimum absolute atomic E-state index is 0.245. The average molecular weight is 394 g/mol. The van der Waals surface area contributed by atoms with Gasteiger partial charge in [0.05, 0.1) is 11.3 Å². The van der Waals surface area contributed by atoms with Crippen molar-refractivity contribution in [1.82, 2.24) is 0 Å². The van der Waals surface area contributed by atoms with Crippen LogP contribution < -0.4 is 10.2 Å². The van der Waals surface area contributed by atoms with Crippen LogP contribution in [-0.2, 0) is 9.53 Å². The maximum atomic E-state index is 13.6. The summed E-state index contributed by atoms with van der Waals surface area (Å²) in [5.74, 6) is -6.21. The predicted molar refractivity (Wildman–Crippen MR) is 99.8 cm³/mol. The van der Waals surface area contributed by atoms with Crippen molar-refractivity contribution in [3.8, 4) is 0 Å². The summed E-state index contributed by atoms with van der Waals surface area (Å²) >= 11 is 0. The molecule has 0 saturated heterocycles. The molecule has 0 aromatic heterocycles. The molecular formula is C20H21F3N2O3. The molecule has 0 heterocycles. The van der Waals surface area contributed by atoms with Gasteiger partial charge in [-0.3, -0.25) is 4.79 Å². The van der Waals surface area contributed by atoms with Gasteiger partial charge in [0.15, 0.2) is 23.6 Å². The van der Waals surface area contributed by atoms with Gasteiger partial charge in [0.2, 0.25) is 0 Å². The Labute approximate surface area is 161 Å². The van der Waals surface area contributed by atoms with Crippen LogP contribution in [0.1, 0.15) is 31.1 Å².